The first-order chi connectivity index (χ1) is 14.6. The molecule has 1 aromatic heterocycles. The van der Waals surface area contributed by atoms with E-state index < -0.39 is 18.3 Å². The molecule has 2 saturated heterocycles. The lowest BCUT2D eigenvalue weighted by atomic mass is 9.74. The summed E-state index contributed by atoms with van der Waals surface area (Å²) in [4.78, 5) is 15.7. The van der Waals surface area contributed by atoms with Crippen LogP contribution in [0.4, 0.5) is 5.82 Å². The summed E-state index contributed by atoms with van der Waals surface area (Å²) in [5, 5.41) is 13.9. The van der Waals surface area contributed by atoms with E-state index in [0.29, 0.717) is 35.5 Å². The van der Waals surface area contributed by atoms with Crippen LogP contribution in [0.2, 0.25) is 0 Å². The number of hydrogen-bond donors (Lipinski definition) is 0. The average molecular weight is 422 g/mol. The van der Waals surface area contributed by atoms with Crippen LogP contribution in [0.25, 0.3) is 0 Å². The predicted molar refractivity (Wildman–Crippen MR) is 117 cm³/mol. The molecule has 162 valence electrons. The van der Waals surface area contributed by atoms with Gasteiger partial charge in [-0.05, 0) is 45.3 Å². The number of morpholine rings is 1. The van der Waals surface area contributed by atoms with Gasteiger partial charge in [-0.25, -0.2) is 0 Å². The van der Waals surface area contributed by atoms with Gasteiger partial charge < -0.3 is 18.9 Å². The number of anilines is 1. The number of nitrogens with zero attached hydrogens (tertiary/aromatic N) is 4. The van der Waals surface area contributed by atoms with E-state index in [1.807, 2.05) is 27.7 Å². The van der Waals surface area contributed by atoms with Gasteiger partial charge in [-0.15, -0.1) is 0 Å². The molecule has 0 saturated carbocycles. The number of aromatic nitrogens is 2. The van der Waals surface area contributed by atoms with E-state index in [4.69, 9.17) is 14.0 Å². The molecule has 0 unspecified atom stereocenters. The molecule has 0 bridgehead atoms. The minimum absolute atomic E-state index is 0.226. The van der Waals surface area contributed by atoms with Crippen LogP contribution in [0.1, 0.15) is 49.3 Å². The number of carbonyl (C=O) groups is 1. The van der Waals surface area contributed by atoms with Crippen molar-refractivity contribution in [1.82, 2.24) is 9.78 Å². The van der Waals surface area contributed by atoms with E-state index in [0.717, 1.165) is 18.9 Å². The summed E-state index contributed by atoms with van der Waals surface area (Å²) in [6, 6.07) is 8.93. The monoisotopic (exact) mass is 422 g/mol. The molecule has 3 heterocycles. The van der Waals surface area contributed by atoms with Gasteiger partial charge >= 0.3 is 7.12 Å². The Morgan fingerprint density at radius 3 is 2.39 bits per heavy atom. The fourth-order valence-electron chi connectivity index (χ4n) is 3.75. The zero-order valence-corrected chi connectivity index (χ0v) is 18.6. The Labute approximate surface area is 182 Å². The number of ether oxygens (including phenoxy) is 1. The summed E-state index contributed by atoms with van der Waals surface area (Å²) in [7, 11) is 1.04. The second kappa shape index (κ2) is 7.79. The molecular formula is C22H27BN4O4. The predicted octanol–water partition coefficient (Wildman–Crippen LogP) is 1.66. The molecule has 8 nitrogen and oxygen atoms in total. The van der Waals surface area contributed by atoms with Crippen LogP contribution < -0.4 is 10.4 Å². The van der Waals surface area contributed by atoms with E-state index in [1.165, 1.54) is 0 Å². The van der Waals surface area contributed by atoms with Crippen LogP contribution in [0.3, 0.4) is 0 Å². The van der Waals surface area contributed by atoms with Gasteiger partial charge in [0.2, 0.25) is 5.78 Å². The van der Waals surface area contributed by atoms with Crippen molar-refractivity contribution in [3.05, 3.63) is 41.1 Å². The lowest BCUT2D eigenvalue weighted by molar-refractivity contribution is 0.00578. The Bertz CT molecular complexity index is 1030. The number of nitriles is 1. The molecule has 2 aliphatic rings. The number of ketones is 1. The normalized spacial score (nSPS) is 20.0. The maximum atomic E-state index is 13.6. The van der Waals surface area contributed by atoms with E-state index in [-0.39, 0.29) is 5.78 Å². The van der Waals surface area contributed by atoms with Gasteiger partial charge in [0, 0.05) is 31.8 Å². The van der Waals surface area contributed by atoms with Gasteiger partial charge in [-0.3, -0.25) is 9.48 Å². The van der Waals surface area contributed by atoms with Gasteiger partial charge in [0.1, 0.15) is 5.69 Å². The summed E-state index contributed by atoms with van der Waals surface area (Å²) >= 11 is 0. The van der Waals surface area contributed by atoms with E-state index in [2.05, 4.69) is 16.1 Å². The molecule has 0 amide bonds. The van der Waals surface area contributed by atoms with Crippen molar-refractivity contribution in [2.45, 2.75) is 38.9 Å². The first kappa shape index (κ1) is 21.6. The quantitative estimate of drug-likeness (QED) is 0.547. The fourth-order valence-corrected chi connectivity index (χ4v) is 3.75. The third kappa shape index (κ3) is 3.87. The average Bonchev–Trinajstić information content (AvgIpc) is 3.23. The summed E-state index contributed by atoms with van der Waals surface area (Å²) < 4.78 is 19.3. The SMILES string of the molecule is Cn1nc(N2CCOCC2)cc1C(=O)c1cc(C#N)ccc1B1OC(C)(C)C(C)(C)O1. The largest absolute Gasteiger partial charge is 0.495 e. The fraction of sp³-hybridized carbons (Fsp3) is 0.500. The van der Waals surface area contributed by atoms with Gasteiger partial charge in [0.15, 0.2) is 5.82 Å². The standard InChI is InChI=1S/C22H27BN4O4/c1-21(2)22(3,4)31-23(30-21)17-7-6-15(14-24)12-16(17)20(28)18-13-19(25-26(18)5)27-8-10-29-11-9-27/h6-7,12-13H,8-11H2,1-5H3. The molecule has 2 aliphatic heterocycles. The molecule has 31 heavy (non-hydrogen) atoms. The van der Waals surface area contributed by atoms with Crippen LogP contribution >= 0.6 is 0 Å². The Kier molecular flexibility index (Phi) is 5.42. The van der Waals surface area contributed by atoms with Crippen molar-refractivity contribution in [2.75, 3.05) is 31.2 Å². The zero-order chi connectivity index (χ0) is 22.4. The van der Waals surface area contributed by atoms with Crippen LogP contribution in [0.15, 0.2) is 24.3 Å². The van der Waals surface area contributed by atoms with Gasteiger partial charge in [-0.2, -0.15) is 10.4 Å². The van der Waals surface area contributed by atoms with Crippen molar-refractivity contribution in [3.8, 4) is 6.07 Å². The van der Waals surface area contributed by atoms with Crippen LogP contribution in [-0.4, -0.2) is 60.2 Å². The van der Waals surface area contributed by atoms with Crippen LogP contribution in [0.5, 0.6) is 0 Å². The van der Waals surface area contributed by atoms with E-state index >= 15 is 0 Å². The highest BCUT2D eigenvalue weighted by molar-refractivity contribution is 6.64. The number of carbonyl (C=O) groups excluding carboxylic acids is 1. The topological polar surface area (TPSA) is 89.6 Å². The van der Waals surface area contributed by atoms with Gasteiger partial charge in [0.05, 0.1) is 36.0 Å². The molecule has 2 aromatic rings. The Balaban J connectivity index is 1.72. The first-order valence-corrected chi connectivity index (χ1v) is 10.4. The third-order valence-corrected chi connectivity index (χ3v) is 6.37. The van der Waals surface area contributed by atoms with E-state index in [1.54, 1.807) is 36.0 Å². The lowest BCUT2D eigenvalue weighted by Gasteiger charge is -2.32. The van der Waals surface area contributed by atoms with Crippen molar-refractivity contribution in [1.29, 1.82) is 5.26 Å². The Hall–Kier alpha value is -2.67. The van der Waals surface area contributed by atoms with Crippen molar-refractivity contribution in [2.24, 2.45) is 7.05 Å². The molecule has 0 atom stereocenters. The molecule has 0 radical (unpaired) electrons. The maximum Gasteiger partial charge on any atom is 0.495 e. The van der Waals surface area contributed by atoms with Crippen molar-refractivity contribution < 1.29 is 18.8 Å². The smallest absolute Gasteiger partial charge is 0.399 e. The van der Waals surface area contributed by atoms with Crippen LogP contribution in [-0.2, 0) is 21.1 Å². The van der Waals surface area contributed by atoms with Crippen molar-refractivity contribution in [3.63, 3.8) is 0 Å². The number of hydrogen-bond acceptors (Lipinski definition) is 7. The molecule has 9 heteroatoms. The molecule has 2 fully saturated rings. The second-order valence-corrected chi connectivity index (χ2v) is 8.94. The first-order valence-electron chi connectivity index (χ1n) is 10.4. The highest BCUT2D eigenvalue weighted by Crippen LogP contribution is 2.37. The third-order valence-electron chi connectivity index (χ3n) is 6.37. The maximum absolute atomic E-state index is 13.6. The molecule has 0 aliphatic carbocycles. The summed E-state index contributed by atoms with van der Waals surface area (Å²) in [6.45, 7) is 10.6. The highest BCUT2D eigenvalue weighted by atomic mass is 16.7. The van der Waals surface area contributed by atoms with Crippen molar-refractivity contribution >= 4 is 24.2 Å². The number of rotatable bonds is 4. The summed E-state index contributed by atoms with van der Waals surface area (Å²) in [5.74, 6) is 0.513. The number of benzene rings is 1. The molecular weight excluding hydrogens is 395 g/mol. The minimum atomic E-state index is -0.705. The second-order valence-electron chi connectivity index (χ2n) is 8.94. The Morgan fingerprint density at radius 1 is 1.13 bits per heavy atom. The van der Waals surface area contributed by atoms with Crippen LogP contribution in [0, 0.1) is 11.3 Å². The molecule has 0 spiro atoms. The summed E-state index contributed by atoms with van der Waals surface area (Å²) in [6.07, 6.45) is 0. The summed E-state index contributed by atoms with van der Waals surface area (Å²) in [5.41, 5.74) is 0.753. The Morgan fingerprint density at radius 2 is 1.77 bits per heavy atom. The molecule has 0 N–H and O–H groups in total. The van der Waals surface area contributed by atoms with Gasteiger partial charge in [0.25, 0.3) is 0 Å². The number of aryl methyl sites for hydroxylation is 1. The minimum Gasteiger partial charge on any atom is -0.399 e. The zero-order valence-electron chi connectivity index (χ0n) is 18.6. The molecule has 1 aromatic carbocycles. The molecule has 4 rings (SSSR count). The van der Waals surface area contributed by atoms with Gasteiger partial charge in [-0.1, -0.05) is 6.07 Å². The van der Waals surface area contributed by atoms with E-state index in [9.17, 15) is 10.1 Å². The highest BCUT2D eigenvalue weighted by Gasteiger charge is 2.52. The lowest BCUT2D eigenvalue weighted by Crippen LogP contribution is -2.41.